The van der Waals surface area contributed by atoms with E-state index in [9.17, 15) is 8.42 Å². The standard InChI is InChI=1S/C12H19Br2N3O2S/c1-12(2,17(3)4)7-16-20(18,19)11-9(14)5-8(13)6-10(11)15/h5-6,16H,7,15H2,1-4H3. The van der Waals surface area contributed by atoms with Crippen molar-refractivity contribution in [3.05, 3.63) is 21.1 Å². The first-order valence-corrected chi connectivity index (χ1v) is 8.96. The minimum Gasteiger partial charge on any atom is -0.398 e. The molecule has 5 nitrogen and oxygen atoms in total. The Morgan fingerprint density at radius 3 is 2.30 bits per heavy atom. The van der Waals surface area contributed by atoms with Gasteiger partial charge in [-0.05, 0) is 56.0 Å². The average Bonchev–Trinajstić information content (AvgIpc) is 2.24. The molecule has 0 atom stereocenters. The molecular weight excluding hydrogens is 410 g/mol. The van der Waals surface area contributed by atoms with Crippen LogP contribution in [-0.2, 0) is 10.0 Å². The van der Waals surface area contributed by atoms with Gasteiger partial charge in [0, 0.05) is 21.0 Å². The lowest BCUT2D eigenvalue weighted by molar-refractivity contribution is 0.199. The maximum absolute atomic E-state index is 12.4. The summed E-state index contributed by atoms with van der Waals surface area (Å²) in [6.07, 6.45) is 0. The first-order chi connectivity index (χ1) is 8.97. The lowest BCUT2D eigenvalue weighted by Gasteiger charge is -2.32. The lowest BCUT2D eigenvalue weighted by atomic mass is 10.1. The lowest BCUT2D eigenvalue weighted by Crippen LogP contribution is -2.48. The molecule has 1 aromatic carbocycles. The Labute approximate surface area is 137 Å². The van der Waals surface area contributed by atoms with Crippen LogP contribution in [-0.4, -0.2) is 39.5 Å². The van der Waals surface area contributed by atoms with E-state index in [4.69, 9.17) is 5.73 Å². The fraction of sp³-hybridized carbons (Fsp3) is 0.500. The van der Waals surface area contributed by atoms with Gasteiger partial charge in [0.25, 0.3) is 0 Å². The van der Waals surface area contributed by atoms with Gasteiger partial charge in [-0.15, -0.1) is 0 Å². The van der Waals surface area contributed by atoms with Gasteiger partial charge < -0.3 is 10.6 Å². The van der Waals surface area contributed by atoms with Gasteiger partial charge in [-0.2, -0.15) is 0 Å². The number of nitrogens with one attached hydrogen (secondary N) is 1. The third kappa shape index (κ3) is 4.17. The van der Waals surface area contributed by atoms with Gasteiger partial charge in [0.1, 0.15) is 4.90 Å². The van der Waals surface area contributed by atoms with Crippen molar-refractivity contribution in [2.24, 2.45) is 0 Å². The van der Waals surface area contributed by atoms with Crippen LogP contribution in [0.15, 0.2) is 26.0 Å². The second-order valence-electron chi connectivity index (χ2n) is 5.34. The minimum absolute atomic E-state index is 0.0651. The summed E-state index contributed by atoms with van der Waals surface area (Å²) in [4.78, 5) is 2.02. The van der Waals surface area contributed by atoms with Crippen molar-refractivity contribution in [3.63, 3.8) is 0 Å². The number of hydrogen-bond acceptors (Lipinski definition) is 4. The van der Waals surface area contributed by atoms with E-state index in [1.807, 2.05) is 32.8 Å². The zero-order chi connectivity index (χ0) is 15.7. The summed E-state index contributed by atoms with van der Waals surface area (Å²) in [5.41, 5.74) is 5.71. The van der Waals surface area contributed by atoms with Crippen molar-refractivity contribution in [3.8, 4) is 0 Å². The highest BCUT2D eigenvalue weighted by Crippen LogP contribution is 2.31. The van der Waals surface area contributed by atoms with E-state index in [2.05, 4.69) is 36.6 Å². The number of benzene rings is 1. The number of rotatable bonds is 5. The second kappa shape index (κ2) is 6.31. The summed E-state index contributed by atoms with van der Waals surface area (Å²) in [7, 11) is 0.128. The largest absolute Gasteiger partial charge is 0.398 e. The quantitative estimate of drug-likeness (QED) is 0.706. The Hall–Kier alpha value is -0.150. The molecule has 0 aromatic heterocycles. The van der Waals surface area contributed by atoms with Crippen molar-refractivity contribution in [1.29, 1.82) is 0 Å². The molecule has 1 aromatic rings. The highest BCUT2D eigenvalue weighted by molar-refractivity contribution is 9.11. The number of halogens is 2. The summed E-state index contributed by atoms with van der Waals surface area (Å²) < 4.78 is 28.5. The molecule has 0 unspecified atom stereocenters. The zero-order valence-corrected chi connectivity index (χ0v) is 15.9. The van der Waals surface area contributed by atoms with E-state index < -0.39 is 10.0 Å². The monoisotopic (exact) mass is 427 g/mol. The third-order valence-corrected chi connectivity index (χ3v) is 6.07. The first-order valence-electron chi connectivity index (χ1n) is 5.89. The summed E-state index contributed by atoms with van der Waals surface area (Å²) in [6, 6.07) is 3.22. The topological polar surface area (TPSA) is 75.4 Å². The fourth-order valence-corrected chi connectivity index (χ4v) is 4.64. The van der Waals surface area contributed by atoms with Gasteiger partial charge in [-0.25, -0.2) is 13.1 Å². The fourth-order valence-electron chi connectivity index (χ4n) is 1.37. The maximum atomic E-state index is 12.4. The minimum atomic E-state index is -3.67. The van der Waals surface area contributed by atoms with E-state index in [-0.39, 0.29) is 22.7 Å². The molecule has 0 fully saturated rings. The molecule has 0 aliphatic carbocycles. The van der Waals surface area contributed by atoms with Crippen molar-refractivity contribution in [2.75, 3.05) is 26.4 Å². The molecular formula is C12H19Br2N3O2S. The summed E-state index contributed by atoms with van der Waals surface area (Å²) in [6.45, 7) is 4.19. The molecule has 0 amide bonds. The molecule has 1 rings (SSSR count). The number of anilines is 1. The van der Waals surface area contributed by atoms with Crippen LogP contribution in [0.3, 0.4) is 0 Å². The number of nitrogens with two attached hydrogens (primary N) is 1. The predicted octanol–water partition coefficient (Wildman–Crippen LogP) is 2.41. The van der Waals surface area contributed by atoms with Crippen LogP contribution in [0.1, 0.15) is 13.8 Å². The highest BCUT2D eigenvalue weighted by atomic mass is 79.9. The first kappa shape index (κ1) is 17.9. The van der Waals surface area contributed by atoms with Crippen LogP contribution < -0.4 is 10.5 Å². The summed E-state index contributed by atoms with van der Waals surface area (Å²) in [5, 5.41) is 0. The van der Waals surface area contributed by atoms with E-state index in [1.54, 1.807) is 12.1 Å². The molecule has 8 heteroatoms. The number of sulfonamides is 1. The van der Waals surface area contributed by atoms with Crippen LogP contribution >= 0.6 is 31.9 Å². The summed E-state index contributed by atoms with van der Waals surface area (Å²) in [5.74, 6) is 0. The molecule has 20 heavy (non-hydrogen) atoms. The van der Waals surface area contributed by atoms with Crippen LogP contribution in [0.5, 0.6) is 0 Å². The molecule has 0 aliphatic heterocycles. The maximum Gasteiger partial charge on any atom is 0.243 e. The van der Waals surface area contributed by atoms with E-state index in [0.29, 0.717) is 4.47 Å². The Bertz CT molecular complexity index is 578. The smallest absolute Gasteiger partial charge is 0.243 e. The van der Waals surface area contributed by atoms with Gasteiger partial charge in [0.15, 0.2) is 0 Å². The van der Waals surface area contributed by atoms with Gasteiger partial charge >= 0.3 is 0 Å². The van der Waals surface area contributed by atoms with E-state index in [1.165, 1.54) is 0 Å². The molecule has 0 radical (unpaired) electrons. The molecule has 3 N–H and O–H groups in total. The van der Waals surface area contributed by atoms with Crippen LogP contribution in [0.2, 0.25) is 0 Å². The zero-order valence-electron chi connectivity index (χ0n) is 11.9. The van der Waals surface area contributed by atoms with Crippen LogP contribution in [0, 0.1) is 0 Å². The van der Waals surface area contributed by atoms with Gasteiger partial charge in [0.2, 0.25) is 10.0 Å². The Morgan fingerprint density at radius 1 is 1.30 bits per heavy atom. The Kier molecular flexibility index (Phi) is 5.65. The molecule has 0 spiro atoms. The molecule has 0 saturated carbocycles. The van der Waals surface area contributed by atoms with Crippen molar-refractivity contribution in [2.45, 2.75) is 24.3 Å². The van der Waals surface area contributed by atoms with Gasteiger partial charge in [0.05, 0.1) is 5.69 Å². The number of nitrogens with zero attached hydrogens (tertiary/aromatic N) is 1. The number of likely N-dealkylation sites (N-methyl/N-ethyl adjacent to an activating group) is 1. The molecule has 0 saturated heterocycles. The molecule has 0 aliphatic rings. The van der Waals surface area contributed by atoms with Gasteiger partial charge in [-0.3, -0.25) is 0 Å². The van der Waals surface area contributed by atoms with E-state index >= 15 is 0 Å². The normalized spacial score (nSPS) is 12.9. The molecule has 114 valence electrons. The SMILES string of the molecule is CN(C)C(C)(C)CNS(=O)(=O)c1c(N)cc(Br)cc1Br. The van der Waals surface area contributed by atoms with Crippen molar-refractivity contribution < 1.29 is 8.42 Å². The summed E-state index contributed by atoms with van der Waals surface area (Å²) >= 11 is 6.52. The number of nitrogen functional groups attached to an aromatic ring is 1. The predicted molar refractivity (Wildman–Crippen MR) is 89.2 cm³/mol. The van der Waals surface area contributed by atoms with E-state index in [0.717, 1.165) is 4.47 Å². The molecule has 0 bridgehead atoms. The second-order valence-corrected chi connectivity index (χ2v) is 8.81. The van der Waals surface area contributed by atoms with Gasteiger partial charge in [-0.1, -0.05) is 15.9 Å². The number of hydrogen-bond donors (Lipinski definition) is 2. The average molecular weight is 429 g/mol. The Morgan fingerprint density at radius 2 is 1.85 bits per heavy atom. The molecule has 0 heterocycles. The van der Waals surface area contributed by atoms with Crippen molar-refractivity contribution in [1.82, 2.24) is 9.62 Å². The van der Waals surface area contributed by atoms with Crippen molar-refractivity contribution >= 4 is 47.6 Å². The van der Waals surface area contributed by atoms with Crippen LogP contribution in [0.25, 0.3) is 0 Å². The Balaban J connectivity index is 3.08. The van der Waals surface area contributed by atoms with Crippen LogP contribution in [0.4, 0.5) is 5.69 Å². The third-order valence-electron chi connectivity index (χ3n) is 3.21. The highest BCUT2D eigenvalue weighted by Gasteiger charge is 2.26.